The van der Waals surface area contributed by atoms with Crippen LogP contribution >= 0.6 is 11.3 Å². The van der Waals surface area contributed by atoms with Gasteiger partial charge < -0.3 is 10.4 Å². The molecule has 0 bridgehead atoms. The van der Waals surface area contributed by atoms with Gasteiger partial charge >= 0.3 is 12.2 Å². The van der Waals surface area contributed by atoms with E-state index in [1.165, 1.54) is 0 Å². The molecule has 0 aliphatic rings. The molecule has 114 valence electrons. The molecular weight excluding hydrogens is 297 g/mol. The Bertz CT molecular complexity index is 466. The molecule has 3 N–H and O–H groups in total. The first-order chi connectivity index (χ1) is 9.20. The maximum absolute atomic E-state index is 12.3. The highest BCUT2D eigenvalue weighted by Crippen LogP contribution is 2.32. The number of urea groups is 1. The predicted octanol–water partition coefficient (Wildman–Crippen LogP) is 2.23. The van der Waals surface area contributed by atoms with Crippen molar-refractivity contribution in [3.8, 4) is 0 Å². The van der Waals surface area contributed by atoms with E-state index in [4.69, 9.17) is 5.11 Å². The lowest BCUT2D eigenvalue weighted by Crippen LogP contribution is -2.48. The van der Waals surface area contributed by atoms with Crippen molar-refractivity contribution in [2.24, 2.45) is 0 Å². The second-order valence-corrected chi connectivity index (χ2v) is 5.35. The average Bonchev–Trinajstić information content (AvgIpc) is 2.77. The first-order valence-electron chi connectivity index (χ1n) is 5.81. The maximum Gasteiger partial charge on any atom is 0.445 e. The molecule has 10 heteroatoms. The SMILES string of the molecule is CCC(C)(CCO)NC(=O)Nc1nnc(C(F)(F)F)s1. The van der Waals surface area contributed by atoms with Gasteiger partial charge in [-0.05, 0) is 19.8 Å². The number of rotatable bonds is 5. The summed E-state index contributed by atoms with van der Waals surface area (Å²) in [7, 11) is 0. The molecule has 1 aromatic rings. The van der Waals surface area contributed by atoms with E-state index in [2.05, 4.69) is 20.8 Å². The van der Waals surface area contributed by atoms with E-state index in [0.29, 0.717) is 12.8 Å². The normalized spacial score (nSPS) is 14.7. The third-order valence-corrected chi connectivity index (χ3v) is 3.63. The smallest absolute Gasteiger partial charge is 0.396 e. The van der Waals surface area contributed by atoms with E-state index in [1.807, 2.05) is 6.92 Å². The first kappa shape index (κ1) is 16.6. The topological polar surface area (TPSA) is 87.1 Å². The van der Waals surface area contributed by atoms with Crippen LogP contribution in [0.3, 0.4) is 0 Å². The zero-order valence-electron chi connectivity index (χ0n) is 10.9. The molecule has 1 rings (SSSR count). The lowest BCUT2D eigenvalue weighted by Gasteiger charge is -2.28. The van der Waals surface area contributed by atoms with Gasteiger partial charge in [-0.25, -0.2) is 4.79 Å². The molecule has 6 nitrogen and oxygen atoms in total. The van der Waals surface area contributed by atoms with Gasteiger partial charge in [0, 0.05) is 12.1 Å². The number of alkyl halides is 3. The molecule has 0 fully saturated rings. The molecule has 1 atom stereocenters. The number of carbonyl (C=O) groups excluding carboxylic acids is 1. The molecule has 0 radical (unpaired) electrons. The van der Waals surface area contributed by atoms with Crippen molar-refractivity contribution in [1.82, 2.24) is 15.5 Å². The van der Waals surface area contributed by atoms with Crippen LogP contribution < -0.4 is 10.6 Å². The Balaban J connectivity index is 2.65. The third-order valence-electron chi connectivity index (χ3n) is 2.75. The Labute approximate surface area is 117 Å². The van der Waals surface area contributed by atoms with Crippen molar-refractivity contribution < 1.29 is 23.1 Å². The van der Waals surface area contributed by atoms with Crippen LogP contribution in [0.4, 0.5) is 23.1 Å². The van der Waals surface area contributed by atoms with Crippen molar-refractivity contribution in [1.29, 1.82) is 0 Å². The third kappa shape index (κ3) is 4.60. The van der Waals surface area contributed by atoms with Gasteiger partial charge in [-0.2, -0.15) is 13.2 Å². The predicted molar refractivity (Wildman–Crippen MR) is 67.5 cm³/mol. The summed E-state index contributed by atoms with van der Waals surface area (Å²) in [4.78, 5) is 11.7. The number of hydrogen-bond acceptors (Lipinski definition) is 5. The minimum atomic E-state index is -4.58. The Morgan fingerprint density at radius 2 is 2.05 bits per heavy atom. The summed E-state index contributed by atoms with van der Waals surface area (Å²) in [6.45, 7) is 3.44. The van der Waals surface area contributed by atoms with Crippen molar-refractivity contribution in [3.05, 3.63) is 5.01 Å². The molecule has 1 aromatic heterocycles. The van der Waals surface area contributed by atoms with Gasteiger partial charge in [0.1, 0.15) is 0 Å². The number of amides is 2. The quantitative estimate of drug-likeness (QED) is 0.778. The number of halogens is 3. The summed E-state index contributed by atoms with van der Waals surface area (Å²) in [5.41, 5.74) is -0.642. The van der Waals surface area contributed by atoms with Crippen LogP contribution in [0.15, 0.2) is 0 Å². The number of hydrogen-bond donors (Lipinski definition) is 3. The standard InChI is InChI=1S/C10H15F3N4O2S/c1-3-9(2,4-5-18)15-7(19)14-8-17-16-6(20-8)10(11,12)13/h18H,3-5H2,1-2H3,(H2,14,15,17,19). The van der Waals surface area contributed by atoms with Gasteiger partial charge in [0.05, 0.1) is 0 Å². The number of nitrogens with zero attached hydrogens (tertiary/aromatic N) is 2. The summed E-state index contributed by atoms with van der Waals surface area (Å²) >= 11 is 0.247. The van der Waals surface area contributed by atoms with Crippen LogP contribution in [0.25, 0.3) is 0 Å². The second-order valence-electron chi connectivity index (χ2n) is 4.38. The number of aromatic nitrogens is 2. The minimum Gasteiger partial charge on any atom is -0.396 e. The van der Waals surface area contributed by atoms with Crippen LogP contribution in [0, 0.1) is 0 Å². The summed E-state index contributed by atoms with van der Waals surface area (Å²) in [6, 6.07) is -0.687. The highest BCUT2D eigenvalue weighted by Gasteiger charge is 2.36. The molecular formula is C10H15F3N4O2S. The van der Waals surface area contributed by atoms with Gasteiger partial charge in [0.2, 0.25) is 10.1 Å². The number of aliphatic hydroxyl groups is 1. The number of nitrogens with one attached hydrogen (secondary N) is 2. The van der Waals surface area contributed by atoms with Crippen molar-refractivity contribution >= 4 is 22.5 Å². The lowest BCUT2D eigenvalue weighted by atomic mass is 9.95. The minimum absolute atomic E-state index is 0.109. The van der Waals surface area contributed by atoms with Gasteiger partial charge in [-0.1, -0.05) is 18.3 Å². The Morgan fingerprint density at radius 1 is 1.40 bits per heavy atom. The summed E-state index contributed by atoms with van der Waals surface area (Å²) in [5, 5.41) is 18.5. The molecule has 1 unspecified atom stereocenters. The van der Waals surface area contributed by atoms with Gasteiger partial charge in [-0.15, -0.1) is 10.2 Å². The first-order valence-corrected chi connectivity index (χ1v) is 6.62. The van der Waals surface area contributed by atoms with E-state index in [9.17, 15) is 18.0 Å². The molecule has 0 saturated carbocycles. The van der Waals surface area contributed by atoms with Crippen molar-refractivity contribution in [3.63, 3.8) is 0 Å². The molecule has 20 heavy (non-hydrogen) atoms. The Hall–Kier alpha value is -1.42. The van der Waals surface area contributed by atoms with E-state index in [0.717, 1.165) is 0 Å². The van der Waals surface area contributed by atoms with E-state index >= 15 is 0 Å². The number of carbonyl (C=O) groups is 1. The van der Waals surface area contributed by atoms with Crippen LogP contribution in [-0.2, 0) is 6.18 Å². The molecule has 0 spiro atoms. The zero-order valence-corrected chi connectivity index (χ0v) is 11.7. The molecule has 2 amide bonds. The van der Waals surface area contributed by atoms with Gasteiger partial charge in [0.15, 0.2) is 0 Å². The summed E-state index contributed by atoms with van der Waals surface area (Å²) in [6.07, 6.45) is -3.69. The Morgan fingerprint density at radius 3 is 2.50 bits per heavy atom. The largest absolute Gasteiger partial charge is 0.445 e. The fourth-order valence-corrected chi connectivity index (χ4v) is 1.97. The van der Waals surface area contributed by atoms with Crippen LogP contribution in [0.2, 0.25) is 0 Å². The number of anilines is 1. The average molecular weight is 312 g/mol. The van der Waals surface area contributed by atoms with Crippen LogP contribution in [0.1, 0.15) is 31.7 Å². The maximum atomic E-state index is 12.3. The van der Waals surface area contributed by atoms with Gasteiger partial charge in [0.25, 0.3) is 0 Å². The highest BCUT2D eigenvalue weighted by atomic mass is 32.1. The molecule has 0 aliphatic heterocycles. The van der Waals surface area contributed by atoms with Crippen molar-refractivity contribution in [2.45, 2.75) is 38.4 Å². The fourth-order valence-electron chi connectivity index (χ4n) is 1.37. The molecule has 1 heterocycles. The van der Waals surface area contributed by atoms with Crippen molar-refractivity contribution in [2.75, 3.05) is 11.9 Å². The Kier molecular flexibility index (Phi) is 5.28. The zero-order chi connectivity index (χ0) is 15.4. The summed E-state index contributed by atoms with van der Waals surface area (Å²) < 4.78 is 36.9. The number of aliphatic hydroxyl groups excluding tert-OH is 1. The molecule has 0 aliphatic carbocycles. The molecule has 0 saturated heterocycles. The monoisotopic (exact) mass is 312 g/mol. The van der Waals surface area contributed by atoms with Gasteiger partial charge in [-0.3, -0.25) is 5.32 Å². The summed E-state index contributed by atoms with van der Waals surface area (Å²) in [5.74, 6) is 0. The van der Waals surface area contributed by atoms with Crippen LogP contribution in [-0.4, -0.2) is 33.5 Å². The van der Waals surface area contributed by atoms with E-state index in [-0.39, 0.29) is 23.1 Å². The highest BCUT2D eigenvalue weighted by molar-refractivity contribution is 7.15. The molecule has 0 aromatic carbocycles. The van der Waals surface area contributed by atoms with Crippen LogP contribution in [0.5, 0.6) is 0 Å². The van der Waals surface area contributed by atoms with E-state index < -0.39 is 22.8 Å². The lowest BCUT2D eigenvalue weighted by molar-refractivity contribution is -0.138. The fraction of sp³-hybridized carbons (Fsp3) is 0.700. The second kappa shape index (κ2) is 6.35. The van der Waals surface area contributed by atoms with E-state index in [1.54, 1.807) is 6.92 Å².